The lowest BCUT2D eigenvalue weighted by Crippen LogP contribution is -2.50. The van der Waals surface area contributed by atoms with E-state index in [2.05, 4.69) is 5.32 Å². The minimum Gasteiger partial charge on any atom is -0.480 e. The molecule has 1 aliphatic heterocycles. The highest BCUT2D eigenvalue weighted by atomic mass is 16.5. The predicted octanol–water partition coefficient (Wildman–Crippen LogP) is -1.60. The van der Waals surface area contributed by atoms with Crippen LogP contribution in [0.2, 0.25) is 0 Å². The molecule has 0 aromatic rings. The molecule has 7 nitrogen and oxygen atoms in total. The number of carbonyl (C=O) groups is 2. The zero-order valence-corrected chi connectivity index (χ0v) is 8.09. The van der Waals surface area contributed by atoms with Gasteiger partial charge in [0.25, 0.3) is 0 Å². The second kappa shape index (κ2) is 5.06. The summed E-state index contributed by atoms with van der Waals surface area (Å²) in [5.74, 6) is -1.87. The first-order valence-electron chi connectivity index (χ1n) is 4.66. The maximum absolute atomic E-state index is 11.4. The average molecular weight is 218 g/mol. The van der Waals surface area contributed by atoms with Gasteiger partial charge in [-0.25, -0.2) is 4.79 Å². The van der Waals surface area contributed by atoms with Crippen molar-refractivity contribution in [2.45, 2.75) is 24.9 Å². The predicted molar refractivity (Wildman–Crippen MR) is 48.2 cm³/mol. The Bertz CT molecular complexity index is 257. The van der Waals surface area contributed by atoms with Gasteiger partial charge in [-0.2, -0.15) is 5.06 Å². The highest BCUT2D eigenvalue weighted by molar-refractivity contribution is 5.87. The fourth-order valence-corrected chi connectivity index (χ4v) is 1.47. The van der Waals surface area contributed by atoms with Crippen LogP contribution in [0.4, 0.5) is 0 Å². The Morgan fingerprint density at radius 2 is 2.20 bits per heavy atom. The molecular formula is C8H14N2O5. The van der Waals surface area contributed by atoms with Gasteiger partial charge in [-0.1, -0.05) is 0 Å². The van der Waals surface area contributed by atoms with Crippen LogP contribution >= 0.6 is 0 Å². The van der Waals surface area contributed by atoms with Crippen molar-refractivity contribution in [3.63, 3.8) is 0 Å². The van der Waals surface area contributed by atoms with Gasteiger partial charge < -0.3 is 20.7 Å². The van der Waals surface area contributed by atoms with Crippen LogP contribution in [0.15, 0.2) is 0 Å². The molecular weight excluding hydrogens is 204 g/mol. The maximum atomic E-state index is 11.4. The van der Waals surface area contributed by atoms with Crippen LogP contribution in [0.3, 0.4) is 0 Å². The Kier molecular flexibility index (Phi) is 4.01. The third kappa shape index (κ3) is 2.88. The summed E-state index contributed by atoms with van der Waals surface area (Å²) in [7, 11) is 0. The number of amides is 1. The Balaban J connectivity index is 2.50. The third-order valence-electron chi connectivity index (χ3n) is 2.32. The lowest BCUT2D eigenvalue weighted by Gasteiger charge is -2.19. The number of carbonyl (C=O) groups excluding carboxylic acids is 1. The molecule has 86 valence electrons. The topological polar surface area (TPSA) is 110 Å². The van der Waals surface area contributed by atoms with Crippen molar-refractivity contribution in [1.29, 1.82) is 0 Å². The Morgan fingerprint density at radius 1 is 1.53 bits per heavy atom. The van der Waals surface area contributed by atoms with Gasteiger partial charge >= 0.3 is 5.97 Å². The number of hydroxylamine groups is 2. The molecule has 1 saturated heterocycles. The summed E-state index contributed by atoms with van der Waals surface area (Å²) in [5.41, 5.74) is 0. The van der Waals surface area contributed by atoms with Gasteiger partial charge in [0.1, 0.15) is 12.1 Å². The van der Waals surface area contributed by atoms with Gasteiger partial charge in [-0.05, 0) is 12.8 Å². The summed E-state index contributed by atoms with van der Waals surface area (Å²) in [6.45, 7) is -0.270. The molecule has 1 heterocycles. The number of nitrogens with zero attached hydrogens (tertiary/aromatic N) is 1. The average Bonchev–Trinajstić information content (AvgIpc) is 2.60. The highest BCUT2D eigenvalue weighted by Gasteiger charge is 2.31. The molecule has 0 unspecified atom stereocenters. The molecule has 7 heteroatoms. The van der Waals surface area contributed by atoms with Crippen LogP contribution in [-0.2, 0) is 9.59 Å². The van der Waals surface area contributed by atoms with Gasteiger partial charge in [0, 0.05) is 6.54 Å². The van der Waals surface area contributed by atoms with E-state index in [0.717, 1.165) is 5.06 Å². The molecule has 1 rings (SSSR count). The molecule has 1 aliphatic rings. The lowest BCUT2D eigenvalue weighted by molar-refractivity contribution is -0.151. The normalized spacial score (nSPS) is 23.7. The molecule has 4 N–H and O–H groups in total. The van der Waals surface area contributed by atoms with Crippen molar-refractivity contribution in [3.8, 4) is 0 Å². The SMILES string of the molecule is O=C(O)[C@H](CO)NC(=O)[C@@H]1CCCN1O. The number of hydrogen-bond donors (Lipinski definition) is 4. The number of nitrogens with one attached hydrogen (secondary N) is 1. The molecule has 0 spiro atoms. The van der Waals surface area contributed by atoms with E-state index in [0.29, 0.717) is 19.4 Å². The van der Waals surface area contributed by atoms with Crippen molar-refractivity contribution in [2.24, 2.45) is 0 Å². The van der Waals surface area contributed by atoms with Crippen LogP contribution in [0.5, 0.6) is 0 Å². The third-order valence-corrected chi connectivity index (χ3v) is 2.32. The quantitative estimate of drug-likeness (QED) is 0.452. The number of aliphatic hydroxyl groups excluding tert-OH is 1. The smallest absolute Gasteiger partial charge is 0.328 e. The fourth-order valence-electron chi connectivity index (χ4n) is 1.47. The van der Waals surface area contributed by atoms with Gasteiger partial charge in [0.05, 0.1) is 6.61 Å². The molecule has 0 aliphatic carbocycles. The van der Waals surface area contributed by atoms with E-state index >= 15 is 0 Å². The van der Waals surface area contributed by atoms with Crippen molar-refractivity contribution in [3.05, 3.63) is 0 Å². The Labute approximate surface area is 86.3 Å². The maximum Gasteiger partial charge on any atom is 0.328 e. The fraction of sp³-hybridized carbons (Fsp3) is 0.750. The number of aliphatic hydroxyl groups is 1. The van der Waals surface area contributed by atoms with Crippen molar-refractivity contribution < 1.29 is 25.0 Å². The first-order chi connectivity index (χ1) is 7.06. The van der Waals surface area contributed by atoms with Gasteiger partial charge in [-0.3, -0.25) is 4.79 Å². The first-order valence-corrected chi connectivity index (χ1v) is 4.66. The van der Waals surface area contributed by atoms with Crippen molar-refractivity contribution in [2.75, 3.05) is 13.2 Å². The molecule has 1 amide bonds. The van der Waals surface area contributed by atoms with E-state index in [-0.39, 0.29) is 0 Å². The van der Waals surface area contributed by atoms with Crippen molar-refractivity contribution in [1.82, 2.24) is 10.4 Å². The summed E-state index contributed by atoms with van der Waals surface area (Å²) in [6.07, 6.45) is 1.17. The molecule has 0 saturated carbocycles. The van der Waals surface area contributed by atoms with Gasteiger partial charge in [0.15, 0.2) is 0 Å². The zero-order valence-electron chi connectivity index (χ0n) is 8.09. The van der Waals surface area contributed by atoms with E-state index in [9.17, 15) is 14.8 Å². The molecule has 15 heavy (non-hydrogen) atoms. The Hall–Kier alpha value is -1.18. The molecule has 0 aromatic carbocycles. The second-order valence-electron chi connectivity index (χ2n) is 3.40. The van der Waals surface area contributed by atoms with E-state index in [1.54, 1.807) is 0 Å². The molecule has 1 fully saturated rings. The number of hydrogen-bond acceptors (Lipinski definition) is 5. The Morgan fingerprint density at radius 3 is 2.60 bits per heavy atom. The standard InChI is InChI=1S/C8H14N2O5/c11-4-5(8(13)14)9-7(12)6-2-1-3-10(6)15/h5-6,11,15H,1-4H2,(H,9,12)(H,13,14)/t5-,6-/m0/s1. The number of carboxylic acid groups (broad SMARTS) is 1. The van der Waals surface area contributed by atoms with Crippen LogP contribution in [0.1, 0.15) is 12.8 Å². The minimum absolute atomic E-state index is 0.398. The summed E-state index contributed by atoms with van der Waals surface area (Å²) in [5, 5.41) is 29.5. The van der Waals surface area contributed by atoms with Crippen LogP contribution in [0.25, 0.3) is 0 Å². The number of carboxylic acids is 1. The summed E-state index contributed by atoms with van der Waals surface area (Å²) >= 11 is 0. The number of rotatable bonds is 4. The van der Waals surface area contributed by atoms with Crippen molar-refractivity contribution >= 4 is 11.9 Å². The summed E-state index contributed by atoms with van der Waals surface area (Å²) < 4.78 is 0. The molecule has 0 aromatic heterocycles. The van der Waals surface area contributed by atoms with Gasteiger partial charge in [0.2, 0.25) is 5.91 Å². The summed E-state index contributed by atoms with van der Waals surface area (Å²) in [6, 6.07) is -2.02. The van der Waals surface area contributed by atoms with Crippen LogP contribution < -0.4 is 5.32 Å². The summed E-state index contributed by atoms with van der Waals surface area (Å²) in [4.78, 5) is 22.0. The highest BCUT2D eigenvalue weighted by Crippen LogP contribution is 2.14. The largest absolute Gasteiger partial charge is 0.480 e. The first kappa shape index (κ1) is 11.9. The molecule has 0 radical (unpaired) electrons. The zero-order chi connectivity index (χ0) is 11.4. The van der Waals surface area contributed by atoms with E-state index in [4.69, 9.17) is 10.2 Å². The minimum atomic E-state index is -1.31. The van der Waals surface area contributed by atoms with Gasteiger partial charge in [-0.15, -0.1) is 0 Å². The molecule has 0 bridgehead atoms. The van der Waals surface area contributed by atoms with E-state index in [1.165, 1.54) is 0 Å². The lowest BCUT2D eigenvalue weighted by atomic mass is 10.2. The van der Waals surface area contributed by atoms with Crippen LogP contribution in [-0.4, -0.2) is 57.6 Å². The number of aliphatic carboxylic acids is 1. The second-order valence-corrected chi connectivity index (χ2v) is 3.40. The van der Waals surface area contributed by atoms with E-state index < -0.39 is 30.6 Å². The monoisotopic (exact) mass is 218 g/mol. The van der Waals surface area contributed by atoms with Crippen LogP contribution in [0, 0.1) is 0 Å². The molecule has 2 atom stereocenters. The van der Waals surface area contributed by atoms with E-state index in [1.807, 2.05) is 0 Å².